The number of hydrogen-bond acceptors (Lipinski definition) is 2. The summed E-state index contributed by atoms with van der Waals surface area (Å²) in [6.07, 6.45) is 0. The Labute approximate surface area is 80.2 Å². The third kappa shape index (κ3) is 1.36. The molecule has 0 aliphatic carbocycles. The molecule has 1 aliphatic heterocycles. The third-order valence-corrected chi connectivity index (χ3v) is 2.43. The van der Waals surface area contributed by atoms with Gasteiger partial charge in [0.25, 0.3) is 0 Å². The molecule has 0 spiro atoms. The van der Waals surface area contributed by atoms with Crippen molar-refractivity contribution in [2.75, 3.05) is 13.1 Å². The smallest absolute Gasteiger partial charge is 0.144 e. The van der Waals surface area contributed by atoms with Gasteiger partial charge in [-0.2, -0.15) is 5.26 Å². The van der Waals surface area contributed by atoms with Crippen molar-refractivity contribution >= 4 is 0 Å². The molecule has 4 heteroatoms. The maximum Gasteiger partial charge on any atom is 0.144 e. The molecular weight excluding hydrogens is 186 g/mol. The van der Waals surface area contributed by atoms with Crippen LogP contribution in [0.25, 0.3) is 0 Å². The minimum absolute atomic E-state index is 0.173. The van der Waals surface area contributed by atoms with Gasteiger partial charge >= 0.3 is 0 Å². The van der Waals surface area contributed by atoms with E-state index in [9.17, 15) is 8.78 Å². The van der Waals surface area contributed by atoms with Crippen LogP contribution >= 0.6 is 0 Å². The zero-order chi connectivity index (χ0) is 10.1. The van der Waals surface area contributed by atoms with Crippen LogP contribution < -0.4 is 5.32 Å². The first-order valence-corrected chi connectivity index (χ1v) is 4.32. The van der Waals surface area contributed by atoms with E-state index >= 15 is 0 Å². The molecule has 1 aromatic rings. The molecule has 2 nitrogen and oxygen atoms in total. The van der Waals surface area contributed by atoms with Gasteiger partial charge in [-0.15, -0.1) is 0 Å². The molecule has 1 N–H and O–H groups in total. The maximum atomic E-state index is 13.1. The first-order valence-electron chi connectivity index (χ1n) is 4.32. The Morgan fingerprint density at radius 3 is 2.21 bits per heavy atom. The molecule has 1 aliphatic rings. The third-order valence-electron chi connectivity index (χ3n) is 2.43. The van der Waals surface area contributed by atoms with Crippen LogP contribution in [0.4, 0.5) is 8.78 Å². The molecule has 2 rings (SSSR count). The Balaban J connectivity index is 2.41. The average Bonchev–Trinajstić information content (AvgIpc) is 2.00. The van der Waals surface area contributed by atoms with Gasteiger partial charge in [-0.25, -0.2) is 8.78 Å². The lowest BCUT2D eigenvalue weighted by molar-refractivity contribution is 0.443. The molecule has 1 heterocycles. The van der Waals surface area contributed by atoms with Gasteiger partial charge in [0.05, 0.1) is 0 Å². The lowest BCUT2D eigenvalue weighted by Crippen LogP contribution is -2.39. The van der Waals surface area contributed by atoms with Gasteiger partial charge in [0.1, 0.15) is 23.3 Å². The second-order valence-corrected chi connectivity index (χ2v) is 3.33. The fourth-order valence-electron chi connectivity index (χ4n) is 1.46. The van der Waals surface area contributed by atoms with Gasteiger partial charge in [-0.1, -0.05) is 0 Å². The van der Waals surface area contributed by atoms with Gasteiger partial charge in [-0.05, 0) is 17.7 Å². The minimum Gasteiger partial charge on any atom is -0.315 e. The molecule has 0 bridgehead atoms. The van der Waals surface area contributed by atoms with Crippen LogP contribution in [0.15, 0.2) is 12.1 Å². The minimum atomic E-state index is -0.769. The summed E-state index contributed by atoms with van der Waals surface area (Å²) in [7, 11) is 0. The summed E-state index contributed by atoms with van der Waals surface area (Å²) in [6, 6.07) is 3.99. The lowest BCUT2D eigenvalue weighted by atomic mass is 9.93. The van der Waals surface area contributed by atoms with Gasteiger partial charge in [0.2, 0.25) is 0 Å². The summed E-state index contributed by atoms with van der Waals surface area (Å²) in [5, 5.41) is 11.5. The van der Waals surface area contributed by atoms with E-state index in [1.165, 1.54) is 18.2 Å². The Bertz CT molecular complexity index is 382. The lowest BCUT2D eigenvalue weighted by Gasteiger charge is -2.27. The van der Waals surface area contributed by atoms with Crippen LogP contribution in [0.1, 0.15) is 17.0 Å². The molecule has 0 atom stereocenters. The normalized spacial score (nSPS) is 16.1. The van der Waals surface area contributed by atoms with Crippen molar-refractivity contribution in [3.63, 3.8) is 0 Å². The van der Waals surface area contributed by atoms with Crippen LogP contribution in [0, 0.1) is 23.0 Å². The van der Waals surface area contributed by atoms with E-state index in [1.54, 1.807) is 0 Å². The SMILES string of the molecule is N#Cc1c(F)cc(C2CNC2)cc1F. The molecular formula is C10H8F2N2. The van der Waals surface area contributed by atoms with E-state index in [0.29, 0.717) is 5.56 Å². The summed E-state index contributed by atoms with van der Waals surface area (Å²) >= 11 is 0. The summed E-state index contributed by atoms with van der Waals surface area (Å²) in [5.41, 5.74) is 0.124. The fourth-order valence-corrected chi connectivity index (χ4v) is 1.46. The van der Waals surface area contributed by atoms with E-state index in [1.807, 2.05) is 0 Å². The molecule has 0 amide bonds. The quantitative estimate of drug-likeness (QED) is 0.735. The number of rotatable bonds is 1. The highest BCUT2D eigenvalue weighted by molar-refractivity contribution is 5.37. The molecule has 1 aromatic carbocycles. The second kappa shape index (κ2) is 3.35. The van der Waals surface area contributed by atoms with Crippen LogP contribution in [0.3, 0.4) is 0 Å². The van der Waals surface area contributed by atoms with Crippen LogP contribution in [-0.2, 0) is 0 Å². The highest BCUT2D eigenvalue weighted by atomic mass is 19.1. The standard InChI is InChI=1S/C10H8F2N2/c11-9-1-6(7-4-14-5-7)2-10(12)8(9)3-13/h1-2,7,14H,4-5H2. The number of nitrogens with one attached hydrogen (secondary N) is 1. The number of hydrogen-bond donors (Lipinski definition) is 1. The zero-order valence-corrected chi connectivity index (χ0v) is 7.35. The van der Waals surface area contributed by atoms with Gasteiger partial charge in [0, 0.05) is 19.0 Å². The van der Waals surface area contributed by atoms with Crippen LogP contribution in [0.5, 0.6) is 0 Å². The Morgan fingerprint density at radius 1 is 1.29 bits per heavy atom. The van der Waals surface area contributed by atoms with Crippen molar-refractivity contribution in [1.29, 1.82) is 5.26 Å². The molecule has 72 valence electrons. The largest absolute Gasteiger partial charge is 0.315 e. The van der Waals surface area contributed by atoms with E-state index in [4.69, 9.17) is 5.26 Å². The summed E-state index contributed by atoms with van der Waals surface area (Å²) in [6.45, 7) is 1.48. The average molecular weight is 194 g/mol. The topological polar surface area (TPSA) is 35.8 Å². The molecule has 1 saturated heterocycles. The summed E-state index contributed by atoms with van der Waals surface area (Å²) in [5.74, 6) is -1.37. The molecule has 0 aromatic heterocycles. The van der Waals surface area contributed by atoms with Crippen molar-refractivity contribution < 1.29 is 8.78 Å². The van der Waals surface area contributed by atoms with E-state index < -0.39 is 17.2 Å². The van der Waals surface area contributed by atoms with Gasteiger partial charge < -0.3 is 5.32 Å². The van der Waals surface area contributed by atoms with Crippen molar-refractivity contribution in [2.24, 2.45) is 0 Å². The van der Waals surface area contributed by atoms with Crippen molar-refractivity contribution in [3.05, 3.63) is 34.9 Å². The van der Waals surface area contributed by atoms with Crippen molar-refractivity contribution in [2.45, 2.75) is 5.92 Å². The van der Waals surface area contributed by atoms with Crippen LogP contribution in [0.2, 0.25) is 0 Å². The molecule has 0 radical (unpaired) electrons. The predicted octanol–water partition coefficient (Wildman–Crippen LogP) is 1.52. The van der Waals surface area contributed by atoms with E-state index in [-0.39, 0.29) is 5.92 Å². The number of benzene rings is 1. The highest BCUT2D eigenvalue weighted by Gasteiger charge is 2.21. The summed E-state index contributed by atoms with van der Waals surface area (Å²) < 4.78 is 26.3. The van der Waals surface area contributed by atoms with E-state index in [0.717, 1.165) is 13.1 Å². The number of nitriles is 1. The van der Waals surface area contributed by atoms with Gasteiger partial charge in [-0.3, -0.25) is 0 Å². The van der Waals surface area contributed by atoms with E-state index in [2.05, 4.69) is 5.32 Å². The number of halogens is 2. The first kappa shape index (κ1) is 9.10. The van der Waals surface area contributed by atoms with Crippen molar-refractivity contribution in [3.8, 4) is 6.07 Å². The maximum absolute atomic E-state index is 13.1. The zero-order valence-electron chi connectivity index (χ0n) is 7.35. The number of nitrogens with zero attached hydrogens (tertiary/aromatic N) is 1. The van der Waals surface area contributed by atoms with Crippen molar-refractivity contribution in [1.82, 2.24) is 5.32 Å². The Hall–Kier alpha value is -1.47. The highest BCUT2D eigenvalue weighted by Crippen LogP contribution is 2.23. The van der Waals surface area contributed by atoms with Gasteiger partial charge in [0.15, 0.2) is 0 Å². The molecule has 0 saturated carbocycles. The monoisotopic (exact) mass is 194 g/mol. The predicted molar refractivity (Wildman–Crippen MR) is 46.7 cm³/mol. The fraction of sp³-hybridized carbons (Fsp3) is 0.300. The molecule has 14 heavy (non-hydrogen) atoms. The molecule has 1 fully saturated rings. The second-order valence-electron chi connectivity index (χ2n) is 3.33. The Kier molecular flexibility index (Phi) is 2.18. The summed E-state index contributed by atoms with van der Waals surface area (Å²) in [4.78, 5) is 0. The first-order chi connectivity index (χ1) is 6.72. The Morgan fingerprint density at radius 2 is 1.86 bits per heavy atom. The van der Waals surface area contributed by atoms with Crippen LogP contribution in [-0.4, -0.2) is 13.1 Å². The molecule has 0 unspecified atom stereocenters.